The number of aromatic nitrogens is 2. The second-order valence-electron chi connectivity index (χ2n) is 24.3. The second-order valence-corrected chi connectivity index (χ2v) is 25.2. The summed E-state index contributed by atoms with van der Waals surface area (Å²) in [6.07, 6.45) is 2.24. The Morgan fingerprint density at radius 3 is 2.17 bits per heavy atom. The Balaban J connectivity index is 0.703. The molecule has 0 radical (unpaired) electrons. The van der Waals surface area contributed by atoms with Gasteiger partial charge in [-0.25, -0.2) is 4.98 Å². The van der Waals surface area contributed by atoms with Crippen LogP contribution in [0.2, 0.25) is 0 Å². The fraction of sp³-hybridized carbons (Fsp3) is 0.530. The predicted molar refractivity (Wildman–Crippen MR) is 338 cm³/mol. The van der Waals surface area contributed by atoms with E-state index in [1.807, 2.05) is 90.4 Å². The van der Waals surface area contributed by atoms with Crippen molar-refractivity contribution in [2.45, 2.75) is 131 Å². The number of carbonyl (C=O) groups is 5. The second kappa shape index (κ2) is 31.4. The van der Waals surface area contributed by atoms with Gasteiger partial charge in [0.2, 0.25) is 23.6 Å². The minimum Gasteiger partial charge on any atom is -0.391 e. The first-order valence-corrected chi connectivity index (χ1v) is 31.6. The number of aliphatic hydroxyl groups is 1. The summed E-state index contributed by atoms with van der Waals surface area (Å²) in [7, 11) is 0. The van der Waals surface area contributed by atoms with E-state index in [9.17, 15) is 33.9 Å². The molecule has 3 atom stereocenters. The van der Waals surface area contributed by atoms with Crippen molar-refractivity contribution in [3.05, 3.63) is 127 Å². The van der Waals surface area contributed by atoms with E-state index in [0.717, 1.165) is 107 Å². The summed E-state index contributed by atoms with van der Waals surface area (Å²) in [5.41, 5.74) is 11.6. The van der Waals surface area contributed by atoms with E-state index in [1.165, 1.54) is 10.5 Å². The van der Waals surface area contributed by atoms with Gasteiger partial charge in [0, 0.05) is 133 Å². The number of carbonyl (C=O) groups excluding carboxylic acids is 5. The Morgan fingerprint density at radius 2 is 1.49 bits per heavy atom. The summed E-state index contributed by atoms with van der Waals surface area (Å²) in [5.74, 6) is -1.52. The number of H-pyrrole nitrogens is 1. The van der Waals surface area contributed by atoms with Gasteiger partial charge in [-0.3, -0.25) is 38.6 Å². The average molecular weight is 1220 g/mol. The number of rotatable bonds is 27. The van der Waals surface area contributed by atoms with Gasteiger partial charge in [0.1, 0.15) is 18.7 Å². The van der Waals surface area contributed by atoms with E-state index >= 15 is 0 Å². The van der Waals surface area contributed by atoms with Gasteiger partial charge < -0.3 is 55.4 Å². The Labute approximate surface area is 516 Å². The molecule has 0 unspecified atom stereocenters. The third-order valence-electron chi connectivity index (χ3n) is 16.7. The third-order valence-corrected chi connectivity index (χ3v) is 17.6. The number of benzene rings is 3. The van der Waals surface area contributed by atoms with E-state index in [-0.39, 0.29) is 62.5 Å². The number of ether oxygens (including phenoxy) is 3. The molecule has 0 saturated carbocycles. The molecule has 2 aromatic heterocycles. The van der Waals surface area contributed by atoms with E-state index < -0.39 is 35.4 Å². The molecule has 0 bridgehead atoms. The lowest BCUT2D eigenvalue weighted by Gasteiger charge is -2.37. The van der Waals surface area contributed by atoms with Gasteiger partial charge in [-0.05, 0) is 123 Å². The molecule has 0 aliphatic carbocycles. The topological polar surface area (TPSA) is 240 Å². The molecule has 8 rings (SSSR count). The Hall–Kier alpha value is -6.85. The van der Waals surface area contributed by atoms with E-state index in [1.54, 1.807) is 11.3 Å². The minimum absolute atomic E-state index is 0.0190. The molecule has 5 aromatic rings. The fourth-order valence-electron chi connectivity index (χ4n) is 11.7. The summed E-state index contributed by atoms with van der Waals surface area (Å²) in [6.45, 7) is 23.6. The number of nitrogens with zero attached hydrogens (tertiary/aromatic N) is 5. The monoisotopic (exact) mass is 1210 g/mol. The summed E-state index contributed by atoms with van der Waals surface area (Å²) in [6, 6.07) is 21.0. The van der Waals surface area contributed by atoms with Gasteiger partial charge in [-0.1, -0.05) is 69.3 Å². The zero-order valence-electron chi connectivity index (χ0n) is 52.1. The fourth-order valence-corrected chi connectivity index (χ4v) is 12.5. The van der Waals surface area contributed by atoms with Crippen LogP contribution in [0.4, 0.5) is 5.69 Å². The van der Waals surface area contributed by atoms with Gasteiger partial charge in [-0.15, -0.1) is 11.3 Å². The molecule has 21 heteroatoms. The number of anilines is 1. The molecular formula is C66H90N10O10S. The van der Waals surface area contributed by atoms with Crippen molar-refractivity contribution in [3.63, 3.8) is 0 Å². The summed E-state index contributed by atoms with van der Waals surface area (Å²) < 4.78 is 17.1. The summed E-state index contributed by atoms with van der Waals surface area (Å²) in [5, 5.41) is 22.4. The van der Waals surface area contributed by atoms with Crippen molar-refractivity contribution in [2.24, 2.45) is 5.41 Å². The number of hydrogen-bond acceptors (Lipinski definition) is 15. The number of pyridine rings is 1. The Morgan fingerprint density at radius 1 is 0.816 bits per heavy atom. The van der Waals surface area contributed by atoms with Gasteiger partial charge in [0.25, 0.3) is 11.5 Å². The van der Waals surface area contributed by atoms with E-state index in [4.69, 9.17) is 14.2 Å². The van der Waals surface area contributed by atoms with Crippen LogP contribution in [0.1, 0.15) is 109 Å². The SMILES string of the molecule is CCN(c1cc(-c2ccc(CN3CCN(CC(=O)NCCCOCCCOCC(=O)N[C@H](C(=O)N4C[C@H](O)C[C@H]4C(=O)NCc4ccc(-c5scnc5C)cc4)C(C)(C)C)CC3)cc2)cc(C(=O)NCc2c(C)cc(C)[nH]c2=O)c1C)C1CCOCC1. The zero-order chi connectivity index (χ0) is 62.2. The van der Waals surface area contributed by atoms with Gasteiger partial charge in [0.05, 0.1) is 28.7 Å². The summed E-state index contributed by atoms with van der Waals surface area (Å²) >= 11 is 1.57. The molecular weight excluding hydrogens is 1120 g/mol. The van der Waals surface area contributed by atoms with Crippen LogP contribution in [0, 0.1) is 33.1 Å². The van der Waals surface area contributed by atoms with Crippen LogP contribution in [-0.2, 0) is 53.0 Å². The molecule has 5 amide bonds. The number of aliphatic hydroxyl groups excluding tert-OH is 1. The lowest BCUT2D eigenvalue weighted by Crippen LogP contribution is -2.58. The van der Waals surface area contributed by atoms with Crippen molar-refractivity contribution < 1.29 is 43.3 Å². The minimum atomic E-state index is -0.966. The van der Waals surface area contributed by atoms with Crippen molar-refractivity contribution >= 4 is 46.6 Å². The Bertz CT molecular complexity index is 3180. The highest BCUT2D eigenvalue weighted by Crippen LogP contribution is 2.35. The van der Waals surface area contributed by atoms with Crippen molar-refractivity contribution in [1.82, 2.24) is 45.9 Å². The number of thiazole rings is 1. The normalized spacial score (nSPS) is 17.2. The molecule has 0 spiro atoms. The van der Waals surface area contributed by atoms with E-state index in [2.05, 4.69) is 83.2 Å². The number of β-amino-alcohol motifs (C(OH)–C–C–N with tert-alkyl or cyclic N) is 1. The highest BCUT2D eigenvalue weighted by molar-refractivity contribution is 7.13. The van der Waals surface area contributed by atoms with E-state index in [0.29, 0.717) is 69.5 Å². The van der Waals surface area contributed by atoms with Gasteiger partial charge >= 0.3 is 0 Å². The smallest absolute Gasteiger partial charge is 0.253 e. The van der Waals surface area contributed by atoms with Crippen molar-refractivity contribution in [1.29, 1.82) is 0 Å². The van der Waals surface area contributed by atoms with Crippen LogP contribution in [0.5, 0.6) is 0 Å². The molecule has 87 heavy (non-hydrogen) atoms. The first-order valence-electron chi connectivity index (χ1n) is 30.7. The van der Waals surface area contributed by atoms with Crippen LogP contribution in [-0.4, -0.2) is 176 Å². The number of likely N-dealkylation sites (tertiary alicyclic amines) is 1. The lowest BCUT2D eigenvalue weighted by atomic mass is 9.85. The molecule has 3 fully saturated rings. The maximum atomic E-state index is 14.0. The maximum Gasteiger partial charge on any atom is 0.253 e. The standard InChI is InChI=1S/C66H90N10O10S/c1-9-75(52-20-30-85-31-21-52)56-34-51(33-54(45(56)4)62(80)69-37-55-43(2)32-44(3)71-63(55)81)49-16-14-48(15-17-49)38-73-23-25-74(26-24-73)40-58(78)67-22-10-27-84-28-11-29-86-41-59(79)72-61(66(6,7)8)65(83)76-39-53(77)35-57(76)64(82)68-36-47-12-18-50(19-13-47)60-46(5)70-42-87-60/h12-19,32-34,42,52-53,57,61,77H,9-11,20-31,35-41H2,1-8H3,(H,67,78)(H,68,82)(H,69,80)(H,71,81)(H,72,79)/t53-,57+,61-/m1/s1. The van der Waals surface area contributed by atoms with Crippen LogP contribution in [0.25, 0.3) is 21.6 Å². The quantitative estimate of drug-likeness (QED) is 0.0322. The molecule has 3 saturated heterocycles. The lowest BCUT2D eigenvalue weighted by molar-refractivity contribution is -0.144. The number of aryl methyl sites for hydroxylation is 3. The molecule has 3 aliphatic heterocycles. The summed E-state index contributed by atoms with van der Waals surface area (Å²) in [4.78, 5) is 97.0. The third kappa shape index (κ3) is 18.4. The maximum absolute atomic E-state index is 14.0. The van der Waals surface area contributed by atoms with Crippen LogP contribution >= 0.6 is 11.3 Å². The molecule has 20 nitrogen and oxygen atoms in total. The number of hydrogen-bond donors (Lipinski definition) is 6. The number of nitrogens with one attached hydrogen (secondary N) is 5. The molecule has 6 N–H and O–H groups in total. The first kappa shape index (κ1) is 66.1. The van der Waals surface area contributed by atoms with Crippen LogP contribution in [0.15, 0.2) is 77.0 Å². The highest BCUT2D eigenvalue weighted by atomic mass is 32.1. The largest absolute Gasteiger partial charge is 0.391 e. The number of aromatic amines is 1. The molecule has 3 aromatic carbocycles. The average Bonchev–Trinajstić information content (AvgIpc) is 1.92. The van der Waals surface area contributed by atoms with Crippen LogP contribution in [0.3, 0.4) is 0 Å². The highest BCUT2D eigenvalue weighted by Gasteiger charge is 2.44. The number of amides is 5. The molecule has 3 aliphatic rings. The Kier molecular flexibility index (Phi) is 23.8. The molecule has 5 heterocycles. The predicted octanol–water partition coefficient (Wildman–Crippen LogP) is 6.19. The van der Waals surface area contributed by atoms with Gasteiger partial charge in [0.15, 0.2) is 0 Å². The van der Waals surface area contributed by atoms with Gasteiger partial charge in [-0.2, -0.15) is 0 Å². The molecule has 470 valence electrons. The zero-order valence-corrected chi connectivity index (χ0v) is 52.9. The first-order chi connectivity index (χ1) is 41.8. The van der Waals surface area contributed by atoms with Crippen molar-refractivity contribution in [2.75, 3.05) is 96.9 Å². The van der Waals surface area contributed by atoms with Crippen LogP contribution < -0.4 is 31.7 Å². The number of piperazine rings is 1. The van der Waals surface area contributed by atoms with Crippen molar-refractivity contribution in [3.8, 4) is 21.6 Å².